The summed E-state index contributed by atoms with van der Waals surface area (Å²) < 4.78 is 55.8. The van der Waals surface area contributed by atoms with Gasteiger partial charge in [0.2, 0.25) is 5.91 Å². The van der Waals surface area contributed by atoms with Crippen molar-refractivity contribution in [1.82, 2.24) is 4.90 Å². The summed E-state index contributed by atoms with van der Waals surface area (Å²) in [5.74, 6) is -9.51. The quantitative estimate of drug-likeness (QED) is 0.446. The van der Waals surface area contributed by atoms with Crippen LogP contribution in [0.5, 0.6) is 0 Å². The lowest BCUT2D eigenvalue weighted by atomic mass is 10.0. The van der Waals surface area contributed by atoms with E-state index in [4.69, 9.17) is 5.26 Å². The first-order chi connectivity index (χ1) is 14.7. The van der Waals surface area contributed by atoms with Gasteiger partial charge in [-0.15, -0.1) is 0 Å². The van der Waals surface area contributed by atoms with Crippen molar-refractivity contribution in [3.05, 3.63) is 64.2 Å². The van der Waals surface area contributed by atoms with Gasteiger partial charge in [-0.3, -0.25) is 19.3 Å². The maximum atomic E-state index is 14.1. The molecule has 2 aromatic carbocycles. The largest absolute Gasteiger partial charge is 0.321 e. The number of nitrogens with zero attached hydrogens (tertiary/aromatic N) is 2. The number of benzene rings is 2. The van der Waals surface area contributed by atoms with Crippen LogP contribution in [0.25, 0.3) is 0 Å². The molecule has 2 aromatic rings. The number of nitrogens with one attached hydrogen (secondary N) is 1. The molecule has 158 valence electrons. The molecule has 0 atom stereocenters. The molecule has 1 aliphatic carbocycles. The molecule has 10 heteroatoms. The fraction of sp³-hybridized carbons (Fsp3) is 0.238. The van der Waals surface area contributed by atoms with Crippen LogP contribution in [0.2, 0.25) is 0 Å². The van der Waals surface area contributed by atoms with Crippen LogP contribution in [0.15, 0.2) is 24.3 Å². The van der Waals surface area contributed by atoms with E-state index in [0.717, 1.165) is 11.0 Å². The van der Waals surface area contributed by atoms with Gasteiger partial charge in [0.15, 0.2) is 23.3 Å². The maximum absolute atomic E-state index is 14.1. The number of hydrogen-bond acceptors (Lipinski definition) is 4. The molecule has 0 spiro atoms. The molecule has 1 heterocycles. The van der Waals surface area contributed by atoms with Crippen molar-refractivity contribution in [3.63, 3.8) is 0 Å². The SMILES string of the molecule is N#Cc1c(F)c(F)c(NC(=O)C2(CCN3C(=O)c4ccccc4C3=O)CC2)c(F)c1F. The summed E-state index contributed by atoms with van der Waals surface area (Å²) in [6.45, 7) is -0.110. The molecule has 1 saturated carbocycles. The van der Waals surface area contributed by atoms with Gasteiger partial charge in [-0.1, -0.05) is 12.1 Å². The molecule has 1 fully saturated rings. The minimum absolute atomic E-state index is 0.00871. The molecule has 0 saturated heterocycles. The summed E-state index contributed by atoms with van der Waals surface area (Å²) >= 11 is 0. The number of halogens is 4. The third kappa shape index (κ3) is 3.13. The average molecular weight is 431 g/mol. The Hall–Kier alpha value is -3.74. The molecule has 0 unspecified atom stereocenters. The zero-order valence-electron chi connectivity index (χ0n) is 15.8. The van der Waals surface area contributed by atoms with E-state index in [1.54, 1.807) is 12.1 Å². The van der Waals surface area contributed by atoms with E-state index in [-0.39, 0.29) is 24.1 Å². The fourth-order valence-electron chi connectivity index (χ4n) is 3.60. The first kappa shape index (κ1) is 20.5. The highest BCUT2D eigenvalue weighted by molar-refractivity contribution is 6.21. The number of carbonyl (C=O) groups is 3. The lowest BCUT2D eigenvalue weighted by Gasteiger charge is -2.20. The van der Waals surface area contributed by atoms with Crippen molar-refractivity contribution in [3.8, 4) is 6.07 Å². The number of imide groups is 1. The minimum Gasteiger partial charge on any atom is -0.321 e. The van der Waals surface area contributed by atoms with Crippen LogP contribution in [0.4, 0.5) is 23.2 Å². The van der Waals surface area contributed by atoms with Gasteiger partial charge in [0.1, 0.15) is 17.3 Å². The van der Waals surface area contributed by atoms with Gasteiger partial charge in [0.05, 0.1) is 16.5 Å². The van der Waals surface area contributed by atoms with Crippen molar-refractivity contribution in [2.45, 2.75) is 19.3 Å². The lowest BCUT2D eigenvalue weighted by molar-refractivity contribution is -0.121. The van der Waals surface area contributed by atoms with Crippen molar-refractivity contribution in [1.29, 1.82) is 5.26 Å². The van der Waals surface area contributed by atoms with Gasteiger partial charge in [0, 0.05) is 6.54 Å². The minimum atomic E-state index is -1.91. The first-order valence-electron chi connectivity index (χ1n) is 9.24. The standard InChI is InChI=1S/C21H13F4N3O3/c22-13-12(9-26)14(23)16(25)17(15(13)24)27-20(31)21(5-6-21)7-8-28-18(29)10-3-1-2-4-11(10)19(28)30/h1-4H,5-8H2,(H,27,31). The second-order valence-corrected chi connectivity index (χ2v) is 7.41. The zero-order chi connectivity index (χ0) is 22.5. The van der Waals surface area contributed by atoms with Crippen LogP contribution in [-0.2, 0) is 4.79 Å². The highest BCUT2D eigenvalue weighted by Crippen LogP contribution is 2.50. The Morgan fingerprint density at radius 1 is 1.00 bits per heavy atom. The van der Waals surface area contributed by atoms with E-state index in [1.165, 1.54) is 12.1 Å². The van der Waals surface area contributed by atoms with Crippen LogP contribution in [-0.4, -0.2) is 29.2 Å². The van der Waals surface area contributed by atoms with Crippen LogP contribution >= 0.6 is 0 Å². The summed E-state index contributed by atoms with van der Waals surface area (Å²) in [5, 5.41) is 10.5. The van der Waals surface area contributed by atoms with Crippen LogP contribution in [0, 0.1) is 40.0 Å². The molecule has 1 N–H and O–H groups in total. The third-order valence-electron chi connectivity index (χ3n) is 5.64. The van der Waals surface area contributed by atoms with Crippen LogP contribution in [0.3, 0.4) is 0 Å². The average Bonchev–Trinajstić information content (AvgIpc) is 3.52. The Kier molecular flexibility index (Phi) is 4.76. The highest BCUT2D eigenvalue weighted by atomic mass is 19.2. The van der Waals surface area contributed by atoms with Crippen molar-refractivity contribution in [2.75, 3.05) is 11.9 Å². The van der Waals surface area contributed by atoms with E-state index in [1.807, 2.05) is 5.32 Å². The second-order valence-electron chi connectivity index (χ2n) is 7.41. The number of carbonyl (C=O) groups excluding carboxylic acids is 3. The smallest absolute Gasteiger partial charge is 0.261 e. The van der Waals surface area contributed by atoms with Crippen molar-refractivity contribution >= 4 is 23.4 Å². The predicted molar refractivity (Wildman–Crippen MR) is 97.7 cm³/mol. The molecule has 3 amide bonds. The number of fused-ring (bicyclic) bond motifs is 1. The van der Waals surface area contributed by atoms with Gasteiger partial charge in [-0.25, -0.2) is 17.6 Å². The van der Waals surface area contributed by atoms with Crippen molar-refractivity contribution in [2.24, 2.45) is 5.41 Å². The normalized spacial score (nSPS) is 16.2. The molecular weight excluding hydrogens is 418 g/mol. The van der Waals surface area contributed by atoms with Gasteiger partial charge in [0.25, 0.3) is 11.8 Å². The number of amides is 3. The number of anilines is 1. The monoisotopic (exact) mass is 431 g/mol. The molecule has 2 aliphatic rings. The fourth-order valence-corrected chi connectivity index (χ4v) is 3.60. The van der Waals surface area contributed by atoms with Crippen LogP contribution < -0.4 is 5.32 Å². The highest BCUT2D eigenvalue weighted by Gasteiger charge is 2.51. The first-order valence-corrected chi connectivity index (χ1v) is 9.24. The van der Waals surface area contributed by atoms with Gasteiger partial charge in [-0.2, -0.15) is 5.26 Å². The third-order valence-corrected chi connectivity index (χ3v) is 5.64. The number of hydrogen-bond donors (Lipinski definition) is 1. The predicted octanol–water partition coefficient (Wildman–Crippen LogP) is 3.52. The van der Waals surface area contributed by atoms with Gasteiger partial charge < -0.3 is 5.32 Å². The molecule has 0 bridgehead atoms. The second kappa shape index (κ2) is 7.19. The van der Waals surface area contributed by atoms with E-state index >= 15 is 0 Å². The number of rotatable bonds is 5. The molecule has 6 nitrogen and oxygen atoms in total. The molecule has 31 heavy (non-hydrogen) atoms. The molecule has 0 radical (unpaired) electrons. The zero-order valence-corrected chi connectivity index (χ0v) is 15.8. The summed E-state index contributed by atoms with van der Waals surface area (Å²) in [4.78, 5) is 38.5. The van der Waals surface area contributed by atoms with Gasteiger partial charge >= 0.3 is 0 Å². The summed E-state index contributed by atoms with van der Waals surface area (Å²) in [5.41, 5.74) is -3.41. The number of nitriles is 1. The Morgan fingerprint density at radius 2 is 1.52 bits per heavy atom. The van der Waals surface area contributed by atoms with E-state index in [2.05, 4.69) is 0 Å². The Bertz CT molecular complexity index is 1140. The molecule has 4 rings (SSSR count). The summed E-state index contributed by atoms with van der Waals surface area (Å²) in [6, 6.07) is 7.27. The summed E-state index contributed by atoms with van der Waals surface area (Å²) in [7, 11) is 0. The van der Waals surface area contributed by atoms with E-state index in [9.17, 15) is 31.9 Å². The van der Waals surface area contributed by atoms with E-state index < -0.39 is 57.7 Å². The Labute approximate surface area is 173 Å². The van der Waals surface area contributed by atoms with Gasteiger partial charge in [-0.05, 0) is 31.4 Å². The van der Waals surface area contributed by atoms with Crippen LogP contribution in [0.1, 0.15) is 45.5 Å². The van der Waals surface area contributed by atoms with E-state index in [0.29, 0.717) is 12.8 Å². The summed E-state index contributed by atoms with van der Waals surface area (Å²) in [6.07, 6.45) is 0.605. The van der Waals surface area contributed by atoms with Crippen molar-refractivity contribution < 1.29 is 31.9 Å². The molecular formula is C21H13F4N3O3. The molecule has 0 aromatic heterocycles. The topological polar surface area (TPSA) is 90.3 Å². The lowest BCUT2D eigenvalue weighted by Crippen LogP contribution is -2.35. The Balaban J connectivity index is 1.51. The molecule has 1 aliphatic heterocycles. The Morgan fingerprint density at radius 3 is 1.97 bits per heavy atom. The maximum Gasteiger partial charge on any atom is 0.261 e.